The Morgan fingerprint density at radius 3 is 2.62 bits per heavy atom. The summed E-state index contributed by atoms with van der Waals surface area (Å²) < 4.78 is 18.3. The minimum absolute atomic E-state index is 0.0938. The Balaban J connectivity index is 1.88. The molecule has 6 heteroatoms. The fourth-order valence-corrected chi connectivity index (χ4v) is 2.22. The van der Waals surface area contributed by atoms with Crippen LogP contribution in [0.4, 0.5) is 10.1 Å². The van der Waals surface area contributed by atoms with Crippen LogP contribution in [0, 0.1) is 12.7 Å². The second-order valence-corrected chi connectivity index (χ2v) is 5.19. The van der Waals surface area contributed by atoms with Gasteiger partial charge in [0, 0.05) is 24.3 Å². The van der Waals surface area contributed by atoms with E-state index in [-0.39, 0.29) is 24.9 Å². The van der Waals surface area contributed by atoms with Crippen molar-refractivity contribution in [3.63, 3.8) is 0 Å². The highest BCUT2D eigenvalue weighted by Gasteiger charge is 2.10. The third-order valence-electron chi connectivity index (χ3n) is 3.48. The van der Waals surface area contributed by atoms with Crippen LogP contribution in [0.3, 0.4) is 0 Å². The Hall–Kier alpha value is -2.60. The molecule has 0 aromatic heterocycles. The van der Waals surface area contributed by atoms with Crippen molar-refractivity contribution in [1.29, 1.82) is 0 Å². The van der Waals surface area contributed by atoms with E-state index in [0.717, 1.165) is 11.3 Å². The van der Waals surface area contributed by atoms with Gasteiger partial charge in [0.15, 0.2) is 0 Å². The van der Waals surface area contributed by atoms with Gasteiger partial charge in [0.05, 0.1) is 6.61 Å². The summed E-state index contributed by atoms with van der Waals surface area (Å²) in [6.45, 7) is 2.94. The number of nitrogens with one attached hydrogen (secondary N) is 2. The van der Waals surface area contributed by atoms with Gasteiger partial charge in [-0.05, 0) is 48.9 Å². The predicted octanol–water partition coefficient (Wildman–Crippen LogP) is 2.35. The van der Waals surface area contributed by atoms with Crippen molar-refractivity contribution >= 4 is 11.6 Å². The minimum atomic E-state index is -0.299. The van der Waals surface area contributed by atoms with E-state index in [9.17, 15) is 9.18 Å². The monoisotopic (exact) mass is 332 g/mol. The van der Waals surface area contributed by atoms with Gasteiger partial charge in [-0.3, -0.25) is 4.79 Å². The molecule has 0 unspecified atom stereocenters. The lowest BCUT2D eigenvalue weighted by atomic mass is 10.1. The number of ether oxygens (including phenoxy) is 1. The third-order valence-corrected chi connectivity index (χ3v) is 3.48. The Morgan fingerprint density at radius 1 is 1.17 bits per heavy atom. The topological polar surface area (TPSA) is 70.6 Å². The van der Waals surface area contributed by atoms with Gasteiger partial charge in [0.1, 0.15) is 18.2 Å². The molecule has 5 nitrogen and oxygen atoms in total. The Morgan fingerprint density at radius 2 is 1.92 bits per heavy atom. The smallest absolute Gasteiger partial charge is 0.251 e. The van der Waals surface area contributed by atoms with Crippen LogP contribution in [-0.2, 0) is 0 Å². The van der Waals surface area contributed by atoms with Crippen LogP contribution < -0.4 is 15.4 Å². The molecule has 0 saturated carbocycles. The van der Waals surface area contributed by atoms with Gasteiger partial charge in [0.25, 0.3) is 5.91 Å². The van der Waals surface area contributed by atoms with E-state index in [2.05, 4.69) is 10.6 Å². The Labute approximate surface area is 140 Å². The maximum atomic E-state index is 12.8. The number of aliphatic hydroxyl groups excluding tert-OH is 1. The molecular weight excluding hydrogens is 311 g/mol. The summed E-state index contributed by atoms with van der Waals surface area (Å²) in [6.07, 6.45) is 0. The van der Waals surface area contributed by atoms with Crippen molar-refractivity contribution in [2.75, 3.05) is 31.6 Å². The molecule has 0 saturated heterocycles. The third kappa shape index (κ3) is 4.96. The molecule has 0 radical (unpaired) electrons. The van der Waals surface area contributed by atoms with Crippen molar-refractivity contribution in [2.45, 2.75) is 6.92 Å². The van der Waals surface area contributed by atoms with Crippen molar-refractivity contribution in [2.24, 2.45) is 0 Å². The van der Waals surface area contributed by atoms with E-state index < -0.39 is 0 Å². The highest BCUT2D eigenvalue weighted by Crippen LogP contribution is 2.19. The maximum absolute atomic E-state index is 12.8. The maximum Gasteiger partial charge on any atom is 0.251 e. The zero-order valence-electron chi connectivity index (χ0n) is 13.5. The molecule has 3 N–H and O–H groups in total. The van der Waals surface area contributed by atoms with E-state index in [1.54, 1.807) is 24.3 Å². The van der Waals surface area contributed by atoms with Crippen LogP contribution in [0.1, 0.15) is 15.9 Å². The minimum Gasteiger partial charge on any atom is -0.492 e. The molecule has 0 spiro atoms. The lowest BCUT2D eigenvalue weighted by Crippen LogP contribution is -2.27. The van der Waals surface area contributed by atoms with Gasteiger partial charge in [-0.2, -0.15) is 0 Å². The van der Waals surface area contributed by atoms with Gasteiger partial charge in [-0.25, -0.2) is 4.39 Å². The van der Waals surface area contributed by atoms with Gasteiger partial charge in [-0.1, -0.05) is 6.07 Å². The van der Waals surface area contributed by atoms with Gasteiger partial charge in [0.2, 0.25) is 0 Å². The fraction of sp³-hybridized carbons (Fsp3) is 0.278. The molecule has 0 atom stereocenters. The number of halogens is 1. The highest BCUT2D eigenvalue weighted by atomic mass is 19.1. The first-order chi connectivity index (χ1) is 11.6. The number of anilines is 1. The van der Waals surface area contributed by atoms with Gasteiger partial charge < -0.3 is 20.5 Å². The summed E-state index contributed by atoms with van der Waals surface area (Å²) >= 11 is 0. The number of aliphatic hydroxyl groups is 1. The molecule has 0 aliphatic carbocycles. The lowest BCUT2D eigenvalue weighted by molar-refractivity contribution is 0.0944. The number of benzene rings is 2. The average Bonchev–Trinajstić information content (AvgIpc) is 2.59. The largest absolute Gasteiger partial charge is 0.492 e. The summed E-state index contributed by atoms with van der Waals surface area (Å²) in [5.41, 5.74) is 2.23. The quantitative estimate of drug-likeness (QED) is 0.649. The summed E-state index contributed by atoms with van der Waals surface area (Å²) in [5, 5.41) is 14.6. The van der Waals surface area contributed by atoms with Crippen molar-refractivity contribution in [3.05, 3.63) is 59.4 Å². The molecular formula is C18H21FN2O3. The van der Waals surface area contributed by atoms with Crippen molar-refractivity contribution in [1.82, 2.24) is 5.32 Å². The van der Waals surface area contributed by atoms with Crippen LogP contribution in [-0.4, -0.2) is 37.3 Å². The SMILES string of the molecule is Cc1c(NCCOc2ccc(F)cc2)cccc1C(=O)NCCO. The molecule has 0 aliphatic rings. The van der Waals surface area contributed by atoms with Crippen LogP contribution in [0.5, 0.6) is 5.75 Å². The summed E-state index contributed by atoms with van der Waals surface area (Å²) in [5.74, 6) is 0.0900. The van der Waals surface area contributed by atoms with E-state index >= 15 is 0 Å². The zero-order chi connectivity index (χ0) is 17.4. The van der Waals surface area contributed by atoms with Gasteiger partial charge >= 0.3 is 0 Å². The zero-order valence-corrected chi connectivity index (χ0v) is 13.5. The van der Waals surface area contributed by atoms with E-state index in [4.69, 9.17) is 9.84 Å². The molecule has 0 heterocycles. The number of hydrogen-bond acceptors (Lipinski definition) is 4. The summed E-state index contributed by atoms with van der Waals surface area (Å²) in [7, 11) is 0. The van der Waals surface area contributed by atoms with Gasteiger partial charge in [-0.15, -0.1) is 0 Å². The first kappa shape index (κ1) is 17.7. The van der Waals surface area contributed by atoms with Crippen molar-refractivity contribution in [3.8, 4) is 5.75 Å². The summed E-state index contributed by atoms with van der Waals surface area (Å²) in [6, 6.07) is 11.3. The Bertz CT molecular complexity index is 674. The number of hydrogen-bond donors (Lipinski definition) is 3. The molecule has 24 heavy (non-hydrogen) atoms. The normalized spacial score (nSPS) is 10.3. The van der Waals surface area contributed by atoms with E-state index in [0.29, 0.717) is 24.5 Å². The van der Waals surface area contributed by atoms with Crippen LogP contribution >= 0.6 is 0 Å². The number of amides is 1. The first-order valence-electron chi connectivity index (χ1n) is 7.72. The van der Waals surface area contributed by atoms with Crippen LogP contribution in [0.15, 0.2) is 42.5 Å². The highest BCUT2D eigenvalue weighted by molar-refractivity contribution is 5.97. The average molecular weight is 332 g/mol. The van der Waals surface area contributed by atoms with Crippen molar-refractivity contribution < 1.29 is 19.0 Å². The van der Waals surface area contributed by atoms with Crippen LogP contribution in [0.2, 0.25) is 0 Å². The Kier molecular flexibility index (Phi) is 6.57. The van der Waals surface area contributed by atoms with Crippen LogP contribution in [0.25, 0.3) is 0 Å². The summed E-state index contributed by atoms with van der Waals surface area (Å²) in [4.78, 5) is 12.0. The first-order valence-corrected chi connectivity index (χ1v) is 7.72. The lowest BCUT2D eigenvalue weighted by Gasteiger charge is -2.13. The molecule has 1 amide bonds. The second kappa shape index (κ2) is 8.88. The molecule has 0 aliphatic heterocycles. The predicted molar refractivity (Wildman–Crippen MR) is 91.0 cm³/mol. The second-order valence-electron chi connectivity index (χ2n) is 5.19. The molecule has 128 valence electrons. The molecule has 2 aromatic carbocycles. The number of carbonyl (C=O) groups excluding carboxylic acids is 1. The molecule has 2 rings (SSSR count). The molecule has 2 aromatic rings. The van der Waals surface area contributed by atoms with E-state index in [1.807, 2.05) is 13.0 Å². The molecule has 0 bridgehead atoms. The standard InChI is InChI=1S/C18H21FN2O3/c1-13-16(18(23)21-9-11-22)3-2-4-17(13)20-10-12-24-15-7-5-14(19)6-8-15/h2-8,20,22H,9-12H2,1H3,(H,21,23). The number of carbonyl (C=O) groups is 1. The van der Waals surface area contributed by atoms with E-state index in [1.165, 1.54) is 12.1 Å². The number of rotatable bonds is 8. The molecule has 0 fully saturated rings. The fourth-order valence-electron chi connectivity index (χ4n) is 2.22.